The summed E-state index contributed by atoms with van der Waals surface area (Å²) in [6.45, 7) is 2.81. The van der Waals surface area contributed by atoms with Gasteiger partial charge in [-0.1, -0.05) is 11.8 Å². The summed E-state index contributed by atoms with van der Waals surface area (Å²) >= 11 is 3.21. The number of rotatable bonds is 6. The summed E-state index contributed by atoms with van der Waals surface area (Å²) in [6, 6.07) is 7.15. The molecule has 0 amide bonds. The van der Waals surface area contributed by atoms with E-state index < -0.39 is 10.0 Å². The molecule has 0 N–H and O–H groups in total. The highest BCUT2D eigenvalue weighted by molar-refractivity contribution is 7.98. The van der Waals surface area contributed by atoms with Crippen molar-refractivity contribution in [2.75, 3.05) is 14.1 Å². The molecule has 7 nitrogen and oxygen atoms in total. The Hall–Kier alpha value is -2.01. The number of fused-ring (bicyclic) bond motifs is 2. The lowest BCUT2D eigenvalue weighted by molar-refractivity contribution is 0.521. The Kier molecular flexibility index (Phi) is 5.13. The van der Waals surface area contributed by atoms with Crippen molar-refractivity contribution in [3.63, 3.8) is 0 Å². The maximum Gasteiger partial charge on any atom is 0.242 e. The zero-order chi connectivity index (χ0) is 19.9. The summed E-state index contributed by atoms with van der Waals surface area (Å²) in [5.41, 5.74) is 1.61. The van der Waals surface area contributed by atoms with E-state index in [0.717, 1.165) is 33.1 Å². The summed E-state index contributed by atoms with van der Waals surface area (Å²) in [4.78, 5) is 14.6. The minimum Gasteiger partial charge on any atom is -0.328 e. The maximum atomic E-state index is 12.4. The molecular weight excluding hydrogens is 414 g/mol. The molecule has 0 unspecified atom stereocenters. The molecule has 1 aromatic carbocycles. The average Bonchev–Trinajstić information content (AvgIpc) is 3.29. The molecule has 4 aromatic rings. The molecule has 0 aliphatic carbocycles. The second kappa shape index (κ2) is 7.43. The molecule has 0 fully saturated rings. The van der Waals surface area contributed by atoms with Gasteiger partial charge in [-0.3, -0.25) is 0 Å². The first-order chi connectivity index (χ1) is 13.4. The summed E-state index contributed by atoms with van der Waals surface area (Å²) in [5, 5.41) is 3.99. The predicted octanol–water partition coefficient (Wildman–Crippen LogP) is 3.60. The number of hydrogen-bond acceptors (Lipinski definition) is 7. The third-order valence-electron chi connectivity index (χ3n) is 4.46. The van der Waals surface area contributed by atoms with Gasteiger partial charge >= 0.3 is 0 Å². The van der Waals surface area contributed by atoms with Crippen molar-refractivity contribution in [3.8, 4) is 0 Å². The Labute approximate surface area is 171 Å². The van der Waals surface area contributed by atoms with E-state index in [1.165, 1.54) is 18.4 Å². The topological polar surface area (TPSA) is 81.0 Å². The van der Waals surface area contributed by atoms with Gasteiger partial charge in [0.05, 0.1) is 21.7 Å². The quantitative estimate of drug-likeness (QED) is 0.341. The molecule has 146 valence electrons. The van der Waals surface area contributed by atoms with Crippen molar-refractivity contribution in [2.24, 2.45) is 0 Å². The van der Waals surface area contributed by atoms with E-state index >= 15 is 0 Å². The van der Waals surface area contributed by atoms with Gasteiger partial charge in [-0.05, 0) is 36.6 Å². The lowest BCUT2D eigenvalue weighted by atomic mass is 10.3. The zero-order valence-corrected chi connectivity index (χ0v) is 18.1. The van der Waals surface area contributed by atoms with Crippen molar-refractivity contribution in [2.45, 2.75) is 29.1 Å². The fraction of sp³-hybridized carbons (Fsp3) is 0.278. The fourth-order valence-corrected chi connectivity index (χ4v) is 5.66. The van der Waals surface area contributed by atoms with Gasteiger partial charge < -0.3 is 4.57 Å². The highest BCUT2D eigenvalue weighted by atomic mass is 32.2. The third kappa shape index (κ3) is 3.30. The van der Waals surface area contributed by atoms with Crippen LogP contribution in [0.15, 0.2) is 45.9 Å². The van der Waals surface area contributed by atoms with E-state index in [4.69, 9.17) is 4.98 Å². The van der Waals surface area contributed by atoms with Gasteiger partial charge in [-0.25, -0.2) is 27.7 Å². The number of aromatic nitrogens is 4. The van der Waals surface area contributed by atoms with Gasteiger partial charge in [-0.2, -0.15) is 0 Å². The van der Waals surface area contributed by atoms with Crippen LogP contribution in [0.3, 0.4) is 0 Å². The zero-order valence-electron chi connectivity index (χ0n) is 15.7. The number of thioether (sulfide) groups is 1. The number of benzene rings is 1. The van der Waals surface area contributed by atoms with Crippen molar-refractivity contribution in [1.29, 1.82) is 0 Å². The van der Waals surface area contributed by atoms with Gasteiger partial charge in [-0.15, -0.1) is 11.3 Å². The highest BCUT2D eigenvalue weighted by Crippen LogP contribution is 2.31. The van der Waals surface area contributed by atoms with Crippen molar-refractivity contribution in [3.05, 3.63) is 41.8 Å². The van der Waals surface area contributed by atoms with Crippen LogP contribution in [0, 0.1) is 0 Å². The van der Waals surface area contributed by atoms with Gasteiger partial charge in [0.2, 0.25) is 10.0 Å². The normalized spacial score (nSPS) is 12.4. The molecule has 4 rings (SSSR count). The first kappa shape index (κ1) is 19.3. The SMILES string of the molecule is CCn1c(CSc2ncnc3sccc23)nc2cc(S(=O)(=O)N(C)C)ccc21. The molecule has 3 heterocycles. The molecule has 28 heavy (non-hydrogen) atoms. The number of sulfonamides is 1. The smallest absolute Gasteiger partial charge is 0.242 e. The molecule has 3 aromatic heterocycles. The number of nitrogens with zero attached hydrogens (tertiary/aromatic N) is 5. The van der Waals surface area contributed by atoms with E-state index in [0.29, 0.717) is 11.3 Å². The number of thiophene rings is 1. The monoisotopic (exact) mass is 433 g/mol. The maximum absolute atomic E-state index is 12.4. The van der Waals surface area contributed by atoms with E-state index in [2.05, 4.69) is 21.5 Å². The average molecular weight is 434 g/mol. The van der Waals surface area contributed by atoms with E-state index in [9.17, 15) is 8.42 Å². The van der Waals surface area contributed by atoms with Crippen molar-refractivity contribution in [1.82, 2.24) is 23.8 Å². The van der Waals surface area contributed by atoms with Crippen LogP contribution >= 0.6 is 23.1 Å². The summed E-state index contributed by atoms with van der Waals surface area (Å²) in [5.74, 6) is 1.53. The molecule has 10 heteroatoms. The molecule has 0 aliphatic rings. The van der Waals surface area contributed by atoms with E-state index in [-0.39, 0.29) is 4.90 Å². The molecule has 0 saturated carbocycles. The van der Waals surface area contributed by atoms with Crippen LogP contribution in [-0.2, 0) is 22.3 Å². The fourth-order valence-electron chi connectivity index (χ4n) is 3.01. The summed E-state index contributed by atoms with van der Waals surface area (Å²) in [6.07, 6.45) is 1.59. The van der Waals surface area contributed by atoms with Crippen LogP contribution in [0.1, 0.15) is 12.7 Å². The molecule has 0 radical (unpaired) electrons. The molecule has 0 spiro atoms. The minimum atomic E-state index is -3.49. The van der Waals surface area contributed by atoms with Crippen LogP contribution < -0.4 is 0 Å². The lowest BCUT2D eigenvalue weighted by Crippen LogP contribution is -2.22. The van der Waals surface area contributed by atoms with Gasteiger partial charge in [0, 0.05) is 26.0 Å². The Morgan fingerprint density at radius 2 is 2.04 bits per heavy atom. The number of hydrogen-bond donors (Lipinski definition) is 0. The first-order valence-corrected chi connectivity index (χ1v) is 11.9. The molecule has 0 saturated heterocycles. The molecular formula is C18H19N5O2S3. The molecule has 0 bridgehead atoms. The first-order valence-electron chi connectivity index (χ1n) is 8.64. The Morgan fingerprint density at radius 3 is 2.79 bits per heavy atom. The second-order valence-corrected chi connectivity index (χ2v) is 10.3. The Morgan fingerprint density at radius 1 is 1.21 bits per heavy atom. The van der Waals surface area contributed by atoms with Crippen LogP contribution in [0.5, 0.6) is 0 Å². The number of aryl methyl sites for hydroxylation is 1. The Balaban J connectivity index is 1.70. The Bertz CT molecular complexity index is 1260. The molecule has 0 aliphatic heterocycles. The number of imidazole rings is 1. The van der Waals surface area contributed by atoms with Crippen LogP contribution in [-0.4, -0.2) is 46.3 Å². The summed E-state index contributed by atoms with van der Waals surface area (Å²) in [7, 11) is -0.435. The van der Waals surface area contributed by atoms with Crippen molar-refractivity contribution < 1.29 is 8.42 Å². The lowest BCUT2D eigenvalue weighted by Gasteiger charge is -2.11. The van der Waals surface area contributed by atoms with Gasteiger partial charge in [0.15, 0.2) is 0 Å². The van der Waals surface area contributed by atoms with E-state index in [1.807, 2.05) is 17.5 Å². The predicted molar refractivity (Wildman–Crippen MR) is 113 cm³/mol. The van der Waals surface area contributed by atoms with E-state index in [1.54, 1.807) is 41.6 Å². The third-order valence-corrected chi connectivity index (χ3v) is 8.09. The standard InChI is InChI=1S/C18H19N5O2S3/c1-4-23-15-6-5-12(28(24,25)22(2)3)9-14(15)21-16(23)10-27-18-13-7-8-26-17(13)19-11-20-18/h5-9,11H,4,10H2,1-3H3. The van der Waals surface area contributed by atoms with Crippen LogP contribution in [0.2, 0.25) is 0 Å². The minimum absolute atomic E-state index is 0.251. The summed E-state index contributed by atoms with van der Waals surface area (Å²) < 4.78 is 28.2. The van der Waals surface area contributed by atoms with Crippen LogP contribution in [0.4, 0.5) is 0 Å². The second-order valence-electron chi connectivity index (χ2n) is 6.32. The largest absolute Gasteiger partial charge is 0.328 e. The highest BCUT2D eigenvalue weighted by Gasteiger charge is 2.19. The van der Waals surface area contributed by atoms with Crippen molar-refractivity contribution >= 4 is 54.4 Å². The van der Waals surface area contributed by atoms with Crippen LogP contribution in [0.25, 0.3) is 21.3 Å². The van der Waals surface area contributed by atoms with Gasteiger partial charge in [0.25, 0.3) is 0 Å². The van der Waals surface area contributed by atoms with Gasteiger partial charge in [0.1, 0.15) is 22.0 Å². The molecule has 0 atom stereocenters.